The van der Waals surface area contributed by atoms with Crippen LogP contribution in [0.2, 0.25) is 0 Å². The molecule has 0 aromatic heterocycles. The van der Waals surface area contributed by atoms with Crippen molar-refractivity contribution in [2.24, 2.45) is 29.6 Å². The zero-order valence-electron chi connectivity index (χ0n) is 29.1. The highest BCUT2D eigenvalue weighted by molar-refractivity contribution is 5.91. The summed E-state index contributed by atoms with van der Waals surface area (Å²) in [6, 6.07) is 0. The van der Waals surface area contributed by atoms with Crippen LogP contribution >= 0.6 is 0 Å². The molecule has 0 spiro atoms. The molecule has 4 rings (SSSR count). The summed E-state index contributed by atoms with van der Waals surface area (Å²) in [7, 11) is 1.18. The molecule has 14 atom stereocenters. The van der Waals surface area contributed by atoms with Crippen LogP contribution in [0.4, 0.5) is 0 Å². The van der Waals surface area contributed by atoms with Crippen molar-refractivity contribution in [3.63, 3.8) is 0 Å². The van der Waals surface area contributed by atoms with Crippen molar-refractivity contribution in [3.05, 3.63) is 23.8 Å². The number of aliphatic hydroxyl groups is 5. The summed E-state index contributed by atoms with van der Waals surface area (Å²) in [5.41, 5.74) is -3.64. The second kappa shape index (κ2) is 15.1. The predicted octanol–water partition coefficient (Wildman–Crippen LogP) is 0.391. The lowest BCUT2D eigenvalue weighted by Gasteiger charge is -2.46. The van der Waals surface area contributed by atoms with Crippen molar-refractivity contribution in [1.82, 2.24) is 0 Å². The Kier molecular flexibility index (Phi) is 12.6. The SMILES string of the molecule is C/C=C\[C@H](C)[C@H]1O[C@]1(C)[C@H](O)[C@H]1COC(=O)[C@H](O)[C@@H](OC)[C@H](C)C(=O)[C@H](C)[C@@H](OC(C)=O)/C(C)=C\[C@H](C)C2(O)C[C@H](O)[C@@](O)(CO2)C1=O. The lowest BCUT2D eigenvalue weighted by Crippen LogP contribution is -2.66. The molecule has 4 heterocycles. The lowest BCUT2D eigenvalue weighted by molar-refractivity contribution is -0.303. The highest BCUT2D eigenvalue weighted by Crippen LogP contribution is 2.48. The van der Waals surface area contributed by atoms with E-state index < -0.39 is 120 Å². The van der Waals surface area contributed by atoms with E-state index in [4.69, 9.17) is 23.7 Å². The summed E-state index contributed by atoms with van der Waals surface area (Å²) in [6.07, 6.45) is -4.24. The van der Waals surface area contributed by atoms with Crippen molar-refractivity contribution in [3.8, 4) is 0 Å². The van der Waals surface area contributed by atoms with E-state index in [1.54, 1.807) is 26.8 Å². The van der Waals surface area contributed by atoms with Gasteiger partial charge in [-0.2, -0.15) is 0 Å². The maximum Gasteiger partial charge on any atom is 0.337 e. The number of fused-ring (bicyclic) bond motifs is 14. The van der Waals surface area contributed by atoms with Gasteiger partial charge in [-0.25, -0.2) is 4.79 Å². The van der Waals surface area contributed by atoms with E-state index >= 15 is 0 Å². The molecule has 0 aromatic rings. The minimum absolute atomic E-state index is 0.183. The third-order valence-corrected chi connectivity index (χ3v) is 10.2. The fourth-order valence-corrected chi connectivity index (χ4v) is 7.04. The molecule has 1 unspecified atom stereocenters. The van der Waals surface area contributed by atoms with Gasteiger partial charge < -0.3 is 49.2 Å². The van der Waals surface area contributed by atoms with Crippen LogP contribution < -0.4 is 0 Å². The van der Waals surface area contributed by atoms with E-state index in [0.717, 1.165) is 6.92 Å². The Morgan fingerprint density at radius 3 is 2.29 bits per heavy atom. The number of Topliss-reactive ketones (excluding diaryl/α,β-unsaturated/α-hetero) is 2. The summed E-state index contributed by atoms with van der Waals surface area (Å²) in [5, 5.41) is 56.8. The van der Waals surface area contributed by atoms with Gasteiger partial charge in [-0.1, -0.05) is 45.9 Å². The quantitative estimate of drug-likeness (QED) is 0.145. The summed E-state index contributed by atoms with van der Waals surface area (Å²) >= 11 is 0. The van der Waals surface area contributed by atoms with Crippen LogP contribution in [0.15, 0.2) is 23.8 Å². The largest absolute Gasteiger partial charge is 0.463 e. The average molecular weight is 685 g/mol. The third kappa shape index (κ3) is 7.76. The number of esters is 2. The predicted molar refractivity (Wildman–Crippen MR) is 168 cm³/mol. The van der Waals surface area contributed by atoms with Crippen LogP contribution in [-0.4, -0.2) is 123 Å². The highest BCUT2D eigenvalue weighted by atomic mass is 16.6. The zero-order chi connectivity index (χ0) is 36.5. The van der Waals surface area contributed by atoms with Crippen molar-refractivity contribution in [2.75, 3.05) is 20.3 Å². The maximum atomic E-state index is 14.1. The number of aliphatic hydroxyl groups excluding tert-OH is 3. The number of rotatable bonds is 6. The molecule has 4 aliphatic heterocycles. The second-order valence-corrected chi connectivity index (χ2v) is 13.8. The Balaban J connectivity index is 2.11. The average Bonchev–Trinajstić information content (AvgIpc) is 3.73. The van der Waals surface area contributed by atoms with E-state index in [9.17, 15) is 44.7 Å². The van der Waals surface area contributed by atoms with Crippen LogP contribution in [0.3, 0.4) is 0 Å². The zero-order valence-corrected chi connectivity index (χ0v) is 29.1. The molecule has 4 aliphatic rings. The molecular weight excluding hydrogens is 632 g/mol. The van der Waals surface area contributed by atoms with Crippen molar-refractivity contribution in [2.45, 2.75) is 115 Å². The first-order valence-electron chi connectivity index (χ1n) is 16.3. The monoisotopic (exact) mass is 684 g/mol. The van der Waals surface area contributed by atoms with E-state index in [1.165, 1.54) is 27.0 Å². The van der Waals surface area contributed by atoms with Gasteiger partial charge in [-0.3, -0.25) is 14.4 Å². The molecule has 14 nitrogen and oxygen atoms in total. The Morgan fingerprint density at radius 2 is 1.75 bits per heavy atom. The van der Waals surface area contributed by atoms with Crippen molar-refractivity contribution < 1.29 is 68.4 Å². The summed E-state index contributed by atoms with van der Waals surface area (Å²) < 4.78 is 27.7. The van der Waals surface area contributed by atoms with Gasteiger partial charge in [-0.05, 0) is 26.3 Å². The molecule has 272 valence electrons. The summed E-state index contributed by atoms with van der Waals surface area (Å²) in [6.45, 7) is 10.7. The Bertz CT molecular complexity index is 1280. The topological polar surface area (TPSA) is 219 Å². The van der Waals surface area contributed by atoms with Gasteiger partial charge in [0.15, 0.2) is 23.3 Å². The van der Waals surface area contributed by atoms with Crippen LogP contribution in [0.5, 0.6) is 0 Å². The highest BCUT2D eigenvalue weighted by Gasteiger charge is 2.64. The van der Waals surface area contributed by atoms with Gasteiger partial charge in [0.1, 0.15) is 30.2 Å². The summed E-state index contributed by atoms with van der Waals surface area (Å²) in [5.74, 6) is -10.7. The maximum absolute atomic E-state index is 14.1. The fraction of sp³-hybridized carbons (Fsp3) is 0.765. The number of carbonyl (C=O) groups is 4. The van der Waals surface area contributed by atoms with E-state index in [2.05, 4.69) is 0 Å². The number of hydrogen-bond acceptors (Lipinski definition) is 14. The molecule has 48 heavy (non-hydrogen) atoms. The molecule has 0 radical (unpaired) electrons. The molecular formula is C34H52O14. The molecule has 5 N–H and O–H groups in total. The third-order valence-electron chi connectivity index (χ3n) is 10.2. The summed E-state index contributed by atoms with van der Waals surface area (Å²) in [4.78, 5) is 53.0. The van der Waals surface area contributed by atoms with Gasteiger partial charge in [0, 0.05) is 38.2 Å². The van der Waals surface area contributed by atoms with Gasteiger partial charge in [0.2, 0.25) is 0 Å². The second-order valence-electron chi connectivity index (χ2n) is 13.8. The molecule has 0 amide bonds. The number of allylic oxidation sites excluding steroid dienone is 1. The molecule has 0 aliphatic carbocycles. The van der Waals surface area contributed by atoms with Gasteiger partial charge >= 0.3 is 11.9 Å². The minimum atomic E-state index is -2.66. The van der Waals surface area contributed by atoms with Crippen LogP contribution in [0.1, 0.15) is 61.8 Å². The normalized spacial score (nSPS) is 44.2. The molecule has 2 saturated heterocycles. The number of ether oxygens (including phenoxy) is 5. The van der Waals surface area contributed by atoms with E-state index in [0.29, 0.717) is 5.57 Å². The molecule has 14 heteroatoms. The van der Waals surface area contributed by atoms with Gasteiger partial charge in [-0.15, -0.1) is 0 Å². The molecule has 0 saturated carbocycles. The van der Waals surface area contributed by atoms with Crippen LogP contribution in [-0.2, 0) is 42.9 Å². The van der Waals surface area contributed by atoms with Crippen LogP contribution in [0.25, 0.3) is 0 Å². The number of ketones is 2. The Morgan fingerprint density at radius 1 is 1.12 bits per heavy atom. The number of carbonyl (C=O) groups excluding carboxylic acids is 4. The molecule has 2 fully saturated rings. The van der Waals surface area contributed by atoms with Gasteiger partial charge in [0.25, 0.3) is 0 Å². The number of methoxy groups -OCH3 is 1. The van der Waals surface area contributed by atoms with Crippen molar-refractivity contribution >= 4 is 23.5 Å². The standard InChI is InChI=1S/C34H52O14/c1-10-11-16(2)30-32(8,48-30)28(39)22-14-45-31(41)25(38)27(44-9)20(6)24(37)19(5)26(47-21(7)35)17(3)12-18(4)34(43)13-23(36)33(42,15-46-34)29(22)40/h10-12,16,18-20,22-23,25-28,30,36,38-39,42-43H,13-15H2,1-9H3/b11-10-,17-12-/t16-,18-,19-,20+,22+,23-,25+,26-,27-,28+,30+,32+,33-,34?/m0/s1. The van der Waals surface area contributed by atoms with Crippen molar-refractivity contribution in [1.29, 1.82) is 0 Å². The Hall–Kier alpha value is -2.56. The molecule has 0 aromatic carbocycles. The van der Waals surface area contributed by atoms with Gasteiger partial charge in [0.05, 0.1) is 36.8 Å². The first-order valence-corrected chi connectivity index (χ1v) is 16.3. The molecule has 2 bridgehead atoms. The Labute approximate surface area is 281 Å². The number of hydrogen-bond donors (Lipinski definition) is 5. The smallest absolute Gasteiger partial charge is 0.337 e. The number of epoxide rings is 1. The lowest BCUT2D eigenvalue weighted by atomic mass is 9.74. The van der Waals surface area contributed by atoms with E-state index in [1.807, 2.05) is 19.9 Å². The first-order chi connectivity index (χ1) is 22.2. The van der Waals surface area contributed by atoms with E-state index in [-0.39, 0.29) is 5.92 Å². The minimum Gasteiger partial charge on any atom is -0.463 e. The fourth-order valence-electron chi connectivity index (χ4n) is 7.04. The van der Waals surface area contributed by atoms with Crippen LogP contribution in [0, 0.1) is 29.6 Å². The first kappa shape index (κ1) is 39.9.